The van der Waals surface area contributed by atoms with E-state index in [0.717, 1.165) is 39.1 Å². The van der Waals surface area contributed by atoms with E-state index in [-0.39, 0.29) is 5.78 Å². The Labute approximate surface area is 119 Å². The summed E-state index contributed by atoms with van der Waals surface area (Å²) in [5.41, 5.74) is 7.07. The Morgan fingerprint density at radius 2 is 1.75 bits per heavy atom. The Hall–Kier alpha value is -2.35. The first-order valence-electron chi connectivity index (χ1n) is 6.67. The van der Waals surface area contributed by atoms with Gasteiger partial charge in [-0.05, 0) is 41.8 Å². The fourth-order valence-electron chi connectivity index (χ4n) is 2.79. The van der Waals surface area contributed by atoms with Gasteiger partial charge < -0.3 is 4.90 Å². The molecule has 0 saturated carbocycles. The maximum absolute atomic E-state index is 12.1. The van der Waals surface area contributed by atoms with Crippen LogP contribution in [0.15, 0.2) is 36.9 Å². The topological polar surface area (TPSA) is 20.3 Å². The fourth-order valence-corrected chi connectivity index (χ4v) is 2.79. The first-order chi connectivity index (χ1) is 9.54. The van der Waals surface area contributed by atoms with E-state index in [1.54, 1.807) is 0 Å². The molecule has 0 radical (unpaired) electrons. The first-order valence-corrected chi connectivity index (χ1v) is 6.67. The number of rotatable bonds is 3. The highest BCUT2D eigenvalue weighted by atomic mass is 16.1. The van der Waals surface area contributed by atoms with Gasteiger partial charge in [0.15, 0.2) is 5.78 Å². The quantitative estimate of drug-likeness (QED) is 0.714. The maximum Gasteiger partial charge on any atom is 0.194 e. The zero-order valence-electron chi connectivity index (χ0n) is 12.0. The SMILES string of the molecule is C=Cc1cc2c(C)c(c1-c1ccc(N(C)C)cc1)C2=O. The minimum Gasteiger partial charge on any atom is -0.378 e. The molecule has 0 aliphatic heterocycles. The lowest BCUT2D eigenvalue weighted by atomic mass is 9.76. The third-order valence-electron chi connectivity index (χ3n) is 3.98. The minimum absolute atomic E-state index is 0.166. The second kappa shape index (κ2) is 4.34. The second-order valence-corrected chi connectivity index (χ2v) is 5.36. The van der Waals surface area contributed by atoms with E-state index >= 15 is 0 Å². The standard InChI is InChI=1S/C18H17NO/c1-5-12-10-15-11(2)16(18(15)20)17(12)13-6-8-14(9-7-13)19(3)4/h5-10H,1H2,2-4H3. The molecule has 4 rings (SSSR count). The van der Waals surface area contributed by atoms with Crippen molar-refractivity contribution in [2.45, 2.75) is 6.92 Å². The van der Waals surface area contributed by atoms with Gasteiger partial charge in [0, 0.05) is 36.5 Å². The molecule has 2 heteroatoms. The average Bonchev–Trinajstić information content (AvgIpc) is 2.47. The molecule has 2 aliphatic rings. The molecule has 0 N–H and O–H groups in total. The van der Waals surface area contributed by atoms with Crippen molar-refractivity contribution in [2.24, 2.45) is 0 Å². The molecule has 100 valence electrons. The third kappa shape index (κ3) is 1.61. The van der Waals surface area contributed by atoms with E-state index in [1.807, 2.05) is 33.2 Å². The molecule has 20 heavy (non-hydrogen) atoms. The van der Waals surface area contributed by atoms with Crippen molar-refractivity contribution in [2.75, 3.05) is 19.0 Å². The summed E-state index contributed by atoms with van der Waals surface area (Å²) < 4.78 is 0. The van der Waals surface area contributed by atoms with E-state index in [9.17, 15) is 4.79 Å². The van der Waals surface area contributed by atoms with E-state index in [2.05, 4.69) is 35.7 Å². The number of nitrogens with zero attached hydrogens (tertiary/aromatic N) is 1. The lowest BCUT2D eigenvalue weighted by Gasteiger charge is -2.26. The average molecular weight is 263 g/mol. The number of benzene rings is 2. The molecule has 0 amide bonds. The number of anilines is 1. The summed E-state index contributed by atoms with van der Waals surface area (Å²) in [7, 11) is 4.03. The van der Waals surface area contributed by atoms with Crippen LogP contribution in [0.4, 0.5) is 5.69 Å². The van der Waals surface area contributed by atoms with E-state index in [4.69, 9.17) is 0 Å². The molecule has 0 atom stereocenters. The molecule has 2 nitrogen and oxygen atoms in total. The van der Waals surface area contributed by atoms with Gasteiger partial charge in [-0.15, -0.1) is 0 Å². The minimum atomic E-state index is 0.166. The monoisotopic (exact) mass is 263 g/mol. The Balaban J connectivity index is 2.18. The van der Waals surface area contributed by atoms with Gasteiger partial charge in [-0.25, -0.2) is 0 Å². The Morgan fingerprint density at radius 1 is 1.10 bits per heavy atom. The van der Waals surface area contributed by atoms with Gasteiger partial charge in [0.05, 0.1) is 0 Å². The summed E-state index contributed by atoms with van der Waals surface area (Å²) in [5, 5.41) is 0. The third-order valence-corrected chi connectivity index (χ3v) is 3.98. The molecule has 2 aromatic rings. The molecule has 2 aromatic carbocycles. The summed E-state index contributed by atoms with van der Waals surface area (Å²) >= 11 is 0. The Kier molecular flexibility index (Phi) is 2.75. The predicted molar refractivity (Wildman–Crippen MR) is 84.5 cm³/mol. The van der Waals surface area contributed by atoms with Crippen molar-refractivity contribution in [1.29, 1.82) is 0 Å². The molecule has 0 unspecified atom stereocenters. The number of ketones is 1. The molecular weight excluding hydrogens is 246 g/mol. The van der Waals surface area contributed by atoms with Crippen molar-refractivity contribution in [3.8, 4) is 11.1 Å². The maximum atomic E-state index is 12.1. The van der Waals surface area contributed by atoms with Crippen LogP contribution in [-0.2, 0) is 0 Å². The van der Waals surface area contributed by atoms with Crippen molar-refractivity contribution in [3.63, 3.8) is 0 Å². The number of aryl methyl sites for hydroxylation is 1. The van der Waals surface area contributed by atoms with Crippen LogP contribution < -0.4 is 4.90 Å². The van der Waals surface area contributed by atoms with Crippen LogP contribution in [0.3, 0.4) is 0 Å². The molecule has 0 fully saturated rings. The Morgan fingerprint density at radius 3 is 2.25 bits per heavy atom. The van der Waals surface area contributed by atoms with Crippen LogP contribution in [0, 0.1) is 6.92 Å². The highest BCUT2D eigenvalue weighted by Crippen LogP contribution is 2.41. The van der Waals surface area contributed by atoms with Crippen LogP contribution in [0.2, 0.25) is 0 Å². The van der Waals surface area contributed by atoms with E-state index in [1.165, 1.54) is 0 Å². The first kappa shape index (κ1) is 12.7. The normalized spacial score (nSPS) is 12.1. The van der Waals surface area contributed by atoms with Crippen LogP contribution >= 0.6 is 0 Å². The van der Waals surface area contributed by atoms with Crippen molar-refractivity contribution >= 4 is 17.5 Å². The van der Waals surface area contributed by atoms with Crippen molar-refractivity contribution < 1.29 is 4.79 Å². The van der Waals surface area contributed by atoms with Gasteiger partial charge in [0.1, 0.15) is 0 Å². The van der Waals surface area contributed by atoms with Crippen molar-refractivity contribution in [3.05, 3.63) is 59.2 Å². The summed E-state index contributed by atoms with van der Waals surface area (Å²) in [6.45, 7) is 5.88. The molecule has 0 heterocycles. The molecule has 2 bridgehead atoms. The zero-order chi connectivity index (χ0) is 14.4. The van der Waals surface area contributed by atoms with Crippen LogP contribution in [0.25, 0.3) is 17.2 Å². The molecule has 0 spiro atoms. The summed E-state index contributed by atoms with van der Waals surface area (Å²) in [5.74, 6) is 0.166. The second-order valence-electron chi connectivity index (χ2n) is 5.36. The van der Waals surface area contributed by atoms with Gasteiger partial charge in [-0.3, -0.25) is 4.79 Å². The van der Waals surface area contributed by atoms with Crippen LogP contribution in [0.1, 0.15) is 27.0 Å². The van der Waals surface area contributed by atoms with Crippen LogP contribution in [-0.4, -0.2) is 19.9 Å². The molecular formula is C18H17NO. The van der Waals surface area contributed by atoms with Gasteiger partial charge >= 0.3 is 0 Å². The molecule has 2 aliphatic carbocycles. The lowest BCUT2D eigenvalue weighted by Crippen LogP contribution is -2.20. The predicted octanol–water partition coefficient (Wildman–Crippen LogP) is 3.92. The van der Waals surface area contributed by atoms with Gasteiger partial charge in [0.2, 0.25) is 0 Å². The summed E-state index contributed by atoms with van der Waals surface area (Å²) in [6, 6.07) is 10.2. The van der Waals surface area contributed by atoms with Crippen LogP contribution in [0.5, 0.6) is 0 Å². The number of carbonyl (C=O) groups is 1. The van der Waals surface area contributed by atoms with Gasteiger partial charge in [-0.2, -0.15) is 0 Å². The molecule has 0 saturated heterocycles. The smallest absolute Gasteiger partial charge is 0.194 e. The number of fused-ring (bicyclic) bond motifs is 2. The fraction of sp³-hybridized carbons (Fsp3) is 0.167. The lowest BCUT2D eigenvalue weighted by molar-refractivity contribution is 0.102. The van der Waals surface area contributed by atoms with Gasteiger partial charge in [0.25, 0.3) is 0 Å². The summed E-state index contributed by atoms with van der Waals surface area (Å²) in [4.78, 5) is 14.1. The Bertz CT molecular complexity index is 724. The van der Waals surface area contributed by atoms with Gasteiger partial charge in [-0.1, -0.05) is 24.8 Å². The summed E-state index contributed by atoms with van der Waals surface area (Å²) in [6.07, 6.45) is 1.83. The molecule has 0 aromatic heterocycles. The number of hydrogen-bond donors (Lipinski definition) is 0. The highest BCUT2D eigenvalue weighted by Gasteiger charge is 2.32. The largest absolute Gasteiger partial charge is 0.378 e. The zero-order valence-corrected chi connectivity index (χ0v) is 12.0. The highest BCUT2D eigenvalue weighted by molar-refractivity contribution is 6.24. The van der Waals surface area contributed by atoms with Crippen molar-refractivity contribution in [1.82, 2.24) is 0 Å². The van der Waals surface area contributed by atoms with E-state index < -0.39 is 0 Å². The number of carbonyl (C=O) groups excluding carboxylic acids is 1. The van der Waals surface area contributed by atoms with E-state index in [0.29, 0.717) is 0 Å². The number of hydrogen-bond acceptors (Lipinski definition) is 2.